The van der Waals surface area contributed by atoms with Crippen LogP contribution in [0.15, 0.2) is 58.5 Å². The number of halogens is 2. The molecule has 11 heteroatoms. The van der Waals surface area contributed by atoms with Crippen molar-refractivity contribution in [2.75, 3.05) is 0 Å². The highest BCUT2D eigenvalue weighted by Gasteiger charge is 2.16. The van der Waals surface area contributed by atoms with Gasteiger partial charge in [-0.25, -0.2) is 22.5 Å². The van der Waals surface area contributed by atoms with E-state index in [1.165, 1.54) is 31.0 Å². The Bertz CT molecular complexity index is 1070. The SMILES string of the molecule is O=C(NCc1cocn1)c1ccc(CNS(=O)(=O)c2ccc(F)c(Cl)c2)nc1. The Morgan fingerprint density at radius 2 is 1.96 bits per heavy atom. The molecule has 8 nitrogen and oxygen atoms in total. The van der Waals surface area contributed by atoms with E-state index in [1.54, 1.807) is 0 Å². The predicted octanol–water partition coefficient (Wildman–Crippen LogP) is 2.27. The van der Waals surface area contributed by atoms with Crippen LogP contribution in [0.5, 0.6) is 0 Å². The molecule has 0 spiro atoms. The third kappa shape index (κ3) is 4.91. The van der Waals surface area contributed by atoms with E-state index in [1.807, 2.05) is 0 Å². The Labute approximate surface area is 164 Å². The van der Waals surface area contributed by atoms with Gasteiger partial charge in [-0.05, 0) is 30.3 Å². The van der Waals surface area contributed by atoms with Gasteiger partial charge in [-0.1, -0.05) is 11.6 Å². The molecule has 3 aromatic rings. The molecule has 0 atom stereocenters. The fourth-order valence-electron chi connectivity index (χ4n) is 2.16. The van der Waals surface area contributed by atoms with Gasteiger partial charge in [0.25, 0.3) is 5.91 Å². The molecule has 0 bridgehead atoms. The summed E-state index contributed by atoms with van der Waals surface area (Å²) in [5, 5.41) is 2.36. The number of benzene rings is 1. The van der Waals surface area contributed by atoms with Crippen LogP contribution in [0.1, 0.15) is 21.7 Å². The third-order valence-corrected chi connectivity index (χ3v) is 5.33. The van der Waals surface area contributed by atoms with Crippen molar-refractivity contribution in [3.63, 3.8) is 0 Å². The average molecular weight is 425 g/mol. The van der Waals surface area contributed by atoms with Crippen molar-refractivity contribution in [2.45, 2.75) is 18.0 Å². The molecule has 0 unspecified atom stereocenters. The zero-order valence-electron chi connectivity index (χ0n) is 14.2. The maximum absolute atomic E-state index is 13.2. The largest absolute Gasteiger partial charge is 0.451 e. The number of oxazole rings is 1. The number of carbonyl (C=O) groups is 1. The number of nitrogens with zero attached hydrogens (tertiary/aromatic N) is 2. The average Bonchev–Trinajstić information content (AvgIpc) is 3.20. The molecule has 3 rings (SSSR count). The van der Waals surface area contributed by atoms with Gasteiger partial charge in [0.1, 0.15) is 12.1 Å². The zero-order chi connectivity index (χ0) is 20.1. The molecule has 0 saturated carbocycles. The standard InChI is InChI=1S/C17H14ClFN4O4S/c18-15-5-14(3-4-16(15)19)28(25,26)23-8-12-2-1-11(6-20-12)17(24)21-7-13-9-27-10-22-13/h1-6,9-10,23H,7-8H2,(H,21,24). The number of sulfonamides is 1. The number of aromatic nitrogens is 2. The summed E-state index contributed by atoms with van der Waals surface area (Å²) in [7, 11) is -3.89. The number of hydrogen-bond acceptors (Lipinski definition) is 6. The minimum absolute atomic E-state index is 0.113. The lowest BCUT2D eigenvalue weighted by Crippen LogP contribution is -2.25. The maximum Gasteiger partial charge on any atom is 0.253 e. The van der Waals surface area contributed by atoms with E-state index in [2.05, 4.69) is 20.0 Å². The van der Waals surface area contributed by atoms with Crippen LogP contribution in [-0.2, 0) is 23.1 Å². The van der Waals surface area contributed by atoms with Gasteiger partial charge in [0.05, 0.1) is 40.0 Å². The molecule has 2 heterocycles. The van der Waals surface area contributed by atoms with Crippen molar-refractivity contribution in [3.8, 4) is 0 Å². The topological polar surface area (TPSA) is 114 Å². The van der Waals surface area contributed by atoms with E-state index >= 15 is 0 Å². The van der Waals surface area contributed by atoms with Crippen molar-refractivity contribution < 1.29 is 22.0 Å². The van der Waals surface area contributed by atoms with Crippen LogP contribution in [0.2, 0.25) is 5.02 Å². The third-order valence-electron chi connectivity index (χ3n) is 3.65. The summed E-state index contributed by atoms with van der Waals surface area (Å²) in [6.07, 6.45) is 4.01. The van der Waals surface area contributed by atoms with E-state index in [0.717, 1.165) is 18.2 Å². The zero-order valence-corrected chi connectivity index (χ0v) is 15.8. The Morgan fingerprint density at radius 1 is 1.14 bits per heavy atom. The van der Waals surface area contributed by atoms with Gasteiger partial charge in [0, 0.05) is 6.20 Å². The summed E-state index contributed by atoms with van der Waals surface area (Å²) < 4.78 is 44.8. The Balaban J connectivity index is 1.59. The highest BCUT2D eigenvalue weighted by atomic mass is 35.5. The molecule has 1 amide bonds. The smallest absolute Gasteiger partial charge is 0.253 e. The molecule has 0 saturated heterocycles. The van der Waals surface area contributed by atoms with Gasteiger partial charge in [-0.15, -0.1) is 0 Å². The second-order valence-electron chi connectivity index (χ2n) is 5.60. The summed E-state index contributed by atoms with van der Waals surface area (Å²) in [5.74, 6) is -1.07. The summed E-state index contributed by atoms with van der Waals surface area (Å²) >= 11 is 5.62. The second kappa shape index (κ2) is 8.46. The summed E-state index contributed by atoms with van der Waals surface area (Å²) in [6, 6.07) is 6.14. The van der Waals surface area contributed by atoms with Gasteiger partial charge in [-0.3, -0.25) is 9.78 Å². The first-order valence-electron chi connectivity index (χ1n) is 7.90. The lowest BCUT2D eigenvalue weighted by Gasteiger charge is -2.08. The van der Waals surface area contributed by atoms with Crippen LogP contribution in [0, 0.1) is 5.82 Å². The highest BCUT2D eigenvalue weighted by molar-refractivity contribution is 7.89. The first-order chi connectivity index (χ1) is 13.3. The molecule has 1 aromatic carbocycles. The lowest BCUT2D eigenvalue weighted by atomic mass is 10.2. The molecule has 2 aromatic heterocycles. The predicted molar refractivity (Wildman–Crippen MR) is 97.3 cm³/mol. The van der Waals surface area contributed by atoms with Crippen LogP contribution < -0.4 is 10.0 Å². The van der Waals surface area contributed by atoms with Crippen LogP contribution in [0.3, 0.4) is 0 Å². The van der Waals surface area contributed by atoms with E-state index < -0.39 is 15.8 Å². The normalized spacial score (nSPS) is 11.4. The molecule has 0 radical (unpaired) electrons. The van der Waals surface area contributed by atoms with Crippen molar-refractivity contribution in [1.29, 1.82) is 0 Å². The summed E-state index contributed by atoms with van der Waals surface area (Å²) in [4.78, 5) is 19.8. The van der Waals surface area contributed by atoms with Gasteiger partial charge < -0.3 is 9.73 Å². The fourth-order valence-corrected chi connectivity index (χ4v) is 3.43. The second-order valence-corrected chi connectivity index (χ2v) is 7.78. The summed E-state index contributed by atoms with van der Waals surface area (Å²) in [5.41, 5.74) is 1.28. The number of nitrogens with one attached hydrogen (secondary N) is 2. The van der Waals surface area contributed by atoms with Crippen molar-refractivity contribution in [1.82, 2.24) is 20.0 Å². The van der Waals surface area contributed by atoms with Crippen molar-refractivity contribution in [2.24, 2.45) is 0 Å². The maximum atomic E-state index is 13.2. The first kappa shape index (κ1) is 19.9. The molecule has 2 N–H and O–H groups in total. The quantitative estimate of drug-likeness (QED) is 0.601. The van der Waals surface area contributed by atoms with Crippen LogP contribution in [0.25, 0.3) is 0 Å². The minimum atomic E-state index is -3.89. The first-order valence-corrected chi connectivity index (χ1v) is 9.76. The Morgan fingerprint density at radius 3 is 2.61 bits per heavy atom. The molecular formula is C17H14ClFN4O4S. The van der Waals surface area contributed by atoms with Gasteiger partial charge in [0.2, 0.25) is 10.0 Å². The number of amides is 1. The van der Waals surface area contributed by atoms with Gasteiger partial charge in [-0.2, -0.15) is 0 Å². The van der Waals surface area contributed by atoms with Crippen LogP contribution in [0.4, 0.5) is 4.39 Å². The van der Waals surface area contributed by atoms with E-state index in [0.29, 0.717) is 17.0 Å². The summed E-state index contributed by atoms with van der Waals surface area (Å²) in [6.45, 7) is 0.0925. The van der Waals surface area contributed by atoms with Crippen molar-refractivity contribution in [3.05, 3.63) is 77.0 Å². The minimum Gasteiger partial charge on any atom is -0.451 e. The van der Waals surface area contributed by atoms with E-state index in [9.17, 15) is 17.6 Å². The molecule has 0 aliphatic rings. The van der Waals surface area contributed by atoms with E-state index in [4.69, 9.17) is 16.0 Å². The Hall–Kier alpha value is -2.82. The van der Waals surface area contributed by atoms with E-state index in [-0.39, 0.29) is 28.9 Å². The Kier molecular flexibility index (Phi) is 6.02. The highest BCUT2D eigenvalue weighted by Crippen LogP contribution is 2.19. The van der Waals surface area contributed by atoms with Crippen LogP contribution in [-0.4, -0.2) is 24.3 Å². The lowest BCUT2D eigenvalue weighted by molar-refractivity contribution is 0.0950. The van der Waals surface area contributed by atoms with Crippen molar-refractivity contribution >= 4 is 27.5 Å². The number of hydrogen-bond donors (Lipinski definition) is 2. The molecule has 146 valence electrons. The number of rotatable bonds is 7. The monoisotopic (exact) mass is 424 g/mol. The number of carbonyl (C=O) groups excluding carboxylic acids is 1. The number of pyridine rings is 1. The fraction of sp³-hybridized carbons (Fsp3) is 0.118. The molecule has 0 fully saturated rings. The molecular weight excluding hydrogens is 411 g/mol. The molecule has 28 heavy (non-hydrogen) atoms. The van der Waals surface area contributed by atoms with Crippen LogP contribution >= 0.6 is 11.6 Å². The van der Waals surface area contributed by atoms with Gasteiger partial charge >= 0.3 is 0 Å². The van der Waals surface area contributed by atoms with Gasteiger partial charge in [0.15, 0.2) is 6.39 Å². The molecule has 0 aliphatic carbocycles. The molecule has 0 aliphatic heterocycles.